The van der Waals surface area contributed by atoms with Gasteiger partial charge in [0.15, 0.2) is 0 Å². The molecule has 2 aromatic rings. The summed E-state index contributed by atoms with van der Waals surface area (Å²) in [5, 5.41) is 7.71. The topological polar surface area (TPSA) is 12.0 Å². The van der Waals surface area contributed by atoms with Crippen LogP contribution < -0.4 is 5.32 Å². The monoisotopic (exact) mass is 249 g/mol. The third kappa shape index (κ3) is 3.65. The molecule has 1 heterocycles. The fourth-order valence-corrected chi connectivity index (χ4v) is 2.44. The summed E-state index contributed by atoms with van der Waals surface area (Å²) in [5.74, 6) is -0.181. The SMILES string of the molecule is CC(NCCc1ccsc1)c1ccc(F)cc1. The van der Waals surface area contributed by atoms with E-state index in [1.165, 1.54) is 17.7 Å². The van der Waals surface area contributed by atoms with Gasteiger partial charge in [0.25, 0.3) is 0 Å². The molecule has 0 fully saturated rings. The lowest BCUT2D eigenvalue weighted by Gasteiger charge is -2.13. The minimum absolute atomic E-state index is 0.181. The van der Waals surface area contributed by atoms with E-state index in [0.29, 0.717) is 0 Å². The summed E-state index contributed by atoms with van der Waals surface area (Å²) in [7, 11) is 0. The molecule has 1 aromatic carbocycles. The van der Waals surface area contributed by atoms with Crippen molar-refractivity contribution < 1.29 is 4.39 Å². The summed E-state index contributed by atoms with van der Waals surface area (Å²) in [4.78, 5) is 0. The molecular weight excluding hydrogens is 233 g/mol. The fraction of sp³-hybridized carbons (Fsp3) is 0.286. The second-order valence-corrected chi connectivity index (χ2v) is 4.89. The fourth-order valence-electron chi connectivity index (χ4n) is 1.74. The Morgan fingerprint density at radius 3 is 2.65 bits per heavy atom. The Bertz CT molecular complexity index is 436. The maximum atomic E-state index is 12.8. The number of hydrogen-bond acceptors (Lipinski definition) is 2. The third-order valence-electron chi connectivity index (χ3n) is 2.81. The van der Waals surface area contributed by atoms with E-state index in [0.717, 1.165) is 18.5 Å². The van der Waals surface area contributed by atoms with Crippen LogP contribution in [0.2, 0.25) is 0 Å². The second kappa shape index (κ2) is 5.94. The standard InChI is InChI=1S/C14H16FNS/c1-11(13-2-4-14(15)5-3-13)16-8-6-12-7-9-17-10-12/h2-5,7,9-11,16H,6,8H2,1H3. The van der Waals surface area contributed by atoms with Crippen molar-refractivity contribution in [3.63, 3.8) is 0 Å². The number of hydrogen-bond donors (Lipinski definition) is 1. The molecule has 0 aliphatic heterocycles. The number of rotatable bonds is 5. The van der Waals surface area contributed by atoms with Crippen LogP contribution in [0.3, 0.4) is 0 Å². The van der Waals surface area contributed by atoms with Crippen LogP contribution in [-0.4, -0.2) is 6.54 Å². The first-order chi connectivity index (χ1) is 8.25. The molecule has 1 N–H and O–H groups in total. The Balaban J connectivity index is 1.81. The van der Waals surface area contributed by atoms with E-state index in [9.17, 15) is 4.39 Å². The molecule has 0 aliphatic carbocycles. The van der Waals surface area contributed by atoms with Crippen LogP contribution in [0.25, 0.3) is 0 Å². The maximum absolute atomic E-state index is 12.8. The number of halogens is 1. The first kappa shape index (κ1) is 12.3. The zero-order valence-corrected chi connectivity index (χ0v) is 10.6. The summed E-state index contributed by atoms with van der Waals surface area (Å²) < 4.78 is 12.8. The lowest BCUT2D eigenvalue weighted by molar-refractivity contribution is 0.573. The Kier molecular flexibility index (Phi) is 4.29. The molecule has 90 valence electrons. The lowest BCUT2D eigenvalue weighted by Crippen LogP contribution is -2.21. The van der Waals surface area contributed by atoms with Gasteiger partial charge in [-0.15, -0.1) is 0 Å². The van der Waals surface area contributed by atoms with E-state index < -0.39 is 0 Å². The molecule has 1 nitrogen and oxygen atoms in total. The Hall–Kier alpha value is -1.19. The van der Waals surface area contributed by atoms with E-state index in [1.807, 2.05) is 12.1 Å². The zero-order valence-electron chi connectivity index (χ0n) is 9.82. The summed E-state index contributed by atoms with van der Waals surface area (Å²) in [6.45, 7) is 3.04. The van der Waals surface area contributed by atoms with Crippen LogP contribution in [0.5, 0.6) is 0 Å². The average Bonchev–Trinajstić information content (AvgIpc) is 2.83. The number of thiophene rings is 1. The summed E-state index contributed by atoms with van der Waals surface area (Å²) >= 11 is 1.73. The van der Waals surface area contributed by atoms with Crippen LogP contribution >= 0.6 is 11.3 Å². The van der Waals surface area contributed by atoms with Gasteiger partial charge in [-0.25, -0.2) is 4.39 Å². The van der Waals surface area contributed by atoms with E-state index in [-0.39, 0.29) is 11.9 Å². The first-order valence-electron chi connectivity index (χ1n) is 5.75. The van der Waals surface area contributed by atoms with Crippen LogP contribution in [-0.2, 0) is 6.42 Å². The third-order valence-corrected chi connectivity index (χ3v) is 3.55. The van der Waals surface area contributed by atoms with E-state index in [1.54, 1.807) is 11.3 Å². The molecule has 1 aromatic heterocycles. The van der Waals surface area contributed by atoms with Gasteiger partial charge < -0.3 is 5.32 Å². The van der Waals surface area contributed by atoms with E-state index >= 15 is 0 Å². The molecule has 1 unspecified atom stereocenters. The average molecular weight is 249 g/mol. The molecule has 0 radical (unpaired) electrons. The van der Waals surface area contributed by atoms with Gasteiger partial charge in [-0.2, -0.15) is 11.3 Å². The van der Waals surface area contributed by atoms with Gasteiger partial charge in [-0.05, 0) is 60.0 Å². The van der Waals surface area contributed by atoms with Gasteiger partial charge in [0.1, 0.15) is 5.82 Å². The molecule has 2 rings (SSSR count). The van der Waals surface area contributed by atoms with Gasteiger partial charge in [0, 0.05) is 6.04 Å². The van der Waals surface area contributed by atoms with Gasteiger partial charge in [0.2, 0.25) is 0 Å². The van der Waals surface area contributed by atoms with Crippen molar-refractivity contribution in [1.82, 2.24) is 5.32 Å². The molecule has 1 atom stereocenters. The van der Waals surface area contributed by atoms with Crippen molar-refractivity contribution in [3.8, 4) is 0 Å². The number of benzene rings is 1. The molecule has 3 heteroatoms. The number of nitrogens with one attached hydrogen (secondary N) is 1. The Morgan fingerprint density at radius 1 is 1.24 bits per heavy atom. The van der Waals surface area contributed by atoms with Crippen LogP contribution in [0, 0.1) is 5.82 Å². The summed E-state index contributed by atoms with van der Waals surface area (Å²) in [6, 6.07) is 9.08. The highest BCUT2D eigenvalue weighted by Crippen LogP contribution is 2.13. The van der Waals surface area contributed by atoms with Crippen LogP contribution in [0.4, 0.5) is 4.39 Å². The first-order valence-corrected chi connectivity index (χ1v) is 6.70. The smallest absolute Gasteiger partial charge is 0.123 e. The van der Waals surface area contributed by atoms with Gasteiger partial charge in [-0.1, -0.05) is 12.1 Å². The second-order valence-electron chi connectivity index (χ2n) is 4.11. The van der Waals surface area contributed by atoms with E-state index in [2.05, 4.69) is 29.1 Å². The van der Waals surface area contributed by atoms with Crippen molar-refractivity contribution in [2.75, 3.05) is 6.54 Å². The molecule has 0 spiro atoms. The molecule has 17 heavy (non-hydrogen) atoms. The highest BCUT2D eigenvalue weighted by atomic mass is 32.1. The van der Waals surface area contributed by atoms with Crippen molar-refractivity contribution in [1.29, 1.82) is 0 Å². The highest BCUT2D eigenvalue weighted by Gasteiger charge is 2.04. The largest absolute Gasteiger partial charge is 0.310 e. The maximum Gasteiger partial charge on any atom is 0.123 e. The molecule has 0 aliphatic rings. The summed E-state index contributed by atoms with van der Waals surface area (Å²) in [5.41, 5.74) is 2.49. The Labute approximate surface area is 105 Å². The van der Waals surface area contributed by atoms with Crippen molar-refractivity contribution in [3.05, 3.63) is 58.0 Å². The van der Waals surface area contributed by atoms with Gasteiger partial charge in [-0.3, -0.25) is 0 Å². The lowest BCUT2D eigenvalue weighted by atomic mass is 10.1. The summed E-state index contributed by atoms with van der Waals surface area (Å²) in [6.07, 6.45) is 1.04. The zero-order chi connectivity index (χ0) is 12.1. The predicted molar refractivity (Wildman–Crippen MR) is 70.8 cm³/mol. The predicted octanol–water partition coefficient (Wildman–Crippen LogP) is 3.78. The van der Waals surface area contributed by atoms with Crippen molar-refractivity contribution >= 4 is 11.3 Å². The van der Waals surface area contributed by atoms with Crippen LogP contribution in [0.1, 0.15) is 24.1 Å². The normalized spacial score (nSPS) is 12.6. The van der Waals surface area contributed by atoms with Crippen molar-refractivity contribution in [2.24, 2.45) is 0 Å². The molecule has 0 saturated carbocycles. The molecular formula is C14H16FNS. The quantitative estimate of drug-likeness (QED) is 0.850. The minimum atomic E-state index is -0.181. The minimum Gasteiger partial charge on any atom is -0.310 e. The van der Waals surface area contributed by atoms with Gasteiger partial charge >= 0.3 is 0 Å². The molecule has 0 saturated heterocycles. The molecule has 0 bridgehead atoms. The van der Waals surface area contributed by atoms with Crippen molar-refractivity contribution in [2.45, 2.75) is 19.4 Å². The van der Waals surface area contributed by atoms with Crippen LogP contribution in [0.15, 0.2) is 41.1 Å². The highest BCUT2D eigenvalue weighted by molar-refractivity contribution is 7.07. The Morgan fingerprint density at radius 2 is 2.00 bits per heavy atom. The molecule has 0 amide bonds. The van der Waals surface area contributed by atoms with E-state index in [4.69, 9.17) is 0 Å². The van der Waals surface area contributed by atoms with Gasteiger partial charge in [0.05, 0.1) is 0 Å².